The monoisotopic (exact) mass is 345 g/mol. The molecule has 1 aliphatic heterocycles. The summed E-state index contributed by atoms with van der Waals surface area (Å²) in [6.45, 7) is 2.46. The van der Waals surface area contributed by atoms with Crippen LogP contribution >= 0.6 is 0 Å². The minimum absolute atomic E-state index is 0.0661. The number of halogens is 2. The van der Waals surface area contributed by atoms with Gasteiger partial charge in [-0.3, -0.25) is 9.69 Å². The van der Waals surface area contributed by atoms with Gasteiger partial charge in [0, 0.05) is 37.8 Å². The van der Waals surface area contributed by atoms with Crippen molar-refractivity contribution < 1.29 is 13.6 Å². The van der Waals surface area contributed by atoms with Crippen LogP contribution in [-0.4, -0.2) is 37.0 Å². The Bertz CT molecular complexity index is 738. The van der Waals surface area contributed by atoms with Crippen LogP contribution in [-0.2, 0) is 11.3 Å². The lowest BCUT2D eigenvalue weighted by atomic mass is 10.0. The molecule has 3 rings (SSSR count). The van der Waals surface area contributed by atoms with E-state index in [0.29, 0.717) is 18.7 Å². The molecule has 6 heteroatoms. The zero-order chi connectivity index (χ0) is 17.6. The number of benzene rings is 2. The number of carbonyl (C=O) groups excluding carboxylic acids is 1. The van der Waals surface area contributed by atoms with E-state index in [4.69, 9.17) is 0 Å². The maximum Gasteiger partial charge on any atom is 0.234 e. The number of hydrogen-bond acceptors (Lipinski definition) is 3. The quantitative estimate of drug-likeness (QED) is 0.873. The first-order valence-electron chi connectivity index (χ1n) is 8.34. The van der Waals surface area contributed by atoms with Crippen LogP contribution in [0, 0.1) is 11.6 Å². The summed E-state index contributed by atoms with van der Waals surface area (Å²) in [6, 6.07) is 12.8. The molecule has 0 saturated carbocycles. The van der Waals surface area contributed by atoms with Gasteiger partial charge in [-0.15, -0.1) is 0 Å². The van der Waals surface area contributed by atoms with Crippen LogP contribution in [0.2, 0.25) is 0 Å². The molecular weight excluding hydrogens is 324 g/mol. The second-order valence-electron chi connectivity index (χ2n) is 6.11. The normalized spacial score (nSPS) is 18.1. The van der Waals surface area contributed by atoms with E-state index in [0.717, 1.165) is 12.1 Å². The molecule has 1 fully saturated rings. The van der Waals surface area contributed by atoms with Crippen molar-refractivity contribution in [1.82, 2.24) is 15.5 Å². The van der Waals surface area contributed by atoms with Crippen molar-refractivity contribution in [3.05, 3.63) is 71.3 Å². The molecule has 0 aromatic heterocycles. The number of amides is 1. The van der Waals surface area contributed by atoms with Crippen molar-refractivity contribution in [2.75, 3.05) is 26.2 Å². The van der Waals surface area contributed by atoms with Crippen LogP contribution in [0.1, 0.15) is 17.2 Å². The fourth-order valence-electron chi connectivity index (χ4n) is 3.05. The van der Waals surface area contributed by atoms with Crippen LogP contribution in [0.15, 0.2) is 48.5 Å². The standard InChI is InChI=1S/C19H21F2N3O/c20-16-6-3-5-14(10-16)18-12-22-8-9-24(18)13-19(25)23-11-15-4-1-2-7-17(15)21/h1-7,10,18,22H,8-9,11-13H2,(H,23,25). The Morgan fingerprint density at radius 2 is 2.04 bits per heavy atom. The fraction of sp³-hybridized carbons (Fsp3) is 0.316. The Kier molecular flexibility index (Phi) is 5.73. The molecule has 1 amide bonds. The van der Waals surface area contributed by atoms with Crippen LogP contribution in [0.5, 0.6) is 0 Å². The lowest BCUT2D eigenvalue weighted by Crippen LogP contribution is -2.49. The van der Waals surface area contributed by atoms with Crippen molar-refractivity contribution in [2.24, 2.45) is 0 Å². The Morgan fingerprint density at radius 3 is 2.84 bits per heavy atom. The van der Waals surface area contributed by atoms with Crippen LogP contribution in [0.25, 0.3) is 0 Å². The lowest BCUT2D eigenvalue weighted by molar-refractivity contribution is -0.123. The van der Waals surface area contributed by atoms with Gasteiger partial charge >= 0.3 is 0 Å². The molecule has 1 heterocycles. The first-order valence-corrected chi connectivity index (χ1v) is 8.34. The number of rotatable bonds is 5. The number of hydrogen-bond donors (Lipinski definition) is 2. The highest BCUT2D eigenvalue weighted by Gasteiger charge is 2.25. The Hall–Kier alpha value is -2.31. The first kappa shape index (κ1) is 17.5. The van der Waals surface area contributed by atoms with Crippen LogP contribution in [0.4, 0.5) is 8.78 Å². The predicted molar refractivity (Wildman–Crippen MR) is 91.8 cm³/mol. The average Bonchev–Trinajstić information content (AvgIpc) is 2.61. The van der Waals surface area contributed by atoms with Gasteiger partial charge < -0.3 is 10.6 Å². The largest absolute Gasteiger partial charge is 0.351 e. The number of carbonyl (C=O) groups is 1. The van der Waals surface area contributed by atoms with Gasteiger partial charge in [0.05, 0.1) is 6.54 Å². The summed E-state index contributed by atoms with van der Waals surface area (Å²) >= 11 is 0. The van der Waals surface area contributed by atoms with Crippen molar-refractivity contribution in [3.63, 3.8) is 0 Å². The predicted octanol–water partition coefficient (Wildman–Crippen LogP) is 2.23. The molecule has 132 valence electrons. The van der Waals surface area contributed by atoms with Crippen molar-refractivity contribution in [1.29, 1.82) is 0 Å². The first-order chi connectivity index (χ1) is 12.1. The average molecular weight is 345 g/mol. The molecule has 2 aromatic carbocycles. The highest BCUT2D eigenvalue weighted by Crippen LogP contribution is 2.22. The number of piperazine rings is 1. The summed E-state index contributed by atoms with van der Waals surface area (Å²) in [5.74, 6) is -0.791. The molecule has 4 nitrogen and oxygen atoms in total. The van der Waals surface area contributed by atoms with Gasteiger partial charge in [0.1, 0.15) is 11.6 Å². The Labute approximate surface area is 145 Å². The maximum atomic E-state index is 13.6. The van der Waals surface area contributed by atoms with E-state index in [-0.39, 0.29) is 36.7 Å². The van der Waals surface area contributed by atoms with Gasteiger partial charge in [-0.1, -0.05) is 30.3 Å². The van der Waals surface area contributed by atoms with Crippen LogP contribution in [0.3, 0.4) is 0 Å². The van der Waals surface area contributed by atoms with Gasteiger partial charge in [0.15, 0.2) is 0 Å². The summed E-state index contributed by atoms with van der Waals surface area (Å²) in [6.07, 6.45) is 0. The van der Waals surface area contributed by atoms with Gasteiger partial charge in [-0.25, -0.2) is 8.78 Å². The third-order valence-electron chi connectivity index (χ3n) is 4.37. The number of nitrogens with one attached hydrogen (secondary N) is 2. The van der Waals surface area contributed by atoms with Crippen LogP contribution < -0.4 is 10.6 Å². The molecule has 2 N–H and O–H groups in total. The minimum Gasteiger partial charge on any atom is -0.351 e. The zero-order valence-corrected chi connectivity index (χ0v) is 13.8. The highest BCUT2D eigenvalue weighted by molar-refractivity contribution is 5.78. The molecule has 25 heavy (non-hydrogen) atoms. The molecule has 0 radical (unpaired) electrons. The molecule has 1 unspecified atom stereocenters. The molecular formula is C19H21F2N3O. The summed E-state index contributed by atoms with van der Waals surface area (Å²) in [5, 5.41) is 6.03. The molecule has 0 bridgehead atoms. The molecule has 2 aromatic rings. The van der Waals surface area contributed by atoms with E-state index in [1.54, 1.807) is 24.3 Å². The zero-order valence-electron chi connectivity index (χ0n) is 13.8. The second-order valence-corrected chi connectivity index (χ2v) is 6.11. The van der Waals surface area contributed by atoms with Crippen molar-refractivity contribution >= 4 is 5.91 Å². The SMILES string of the molecule is O=C(CN1CCNCC1c1cccc(F)c1)NCc1ccccc1F. The third-order valence-corrected chi connectivity index (χ3v) is 4.37. The molecule has 0 aliphatic carbocycles. The second kappa shape index (κ2) is 8.18. The topological polar surface area (TPSA) is 44.4 Å². The third kappa shape index (κ3) is 4.61. The van der Waals surface area contributed by atoms with Gasteiger partial charge in [0.25, 0.3) is 0 Å². The summed E-state index contributed by atoms with van der Waals surface area (Å²) in [5.41, 5.74) is 1.30. The Morgan fingerprint density at radius 1 is 1.20 bits per heavy atom. The molecule has 1 aliphatic rings. The van der Waals surface area contributed by atoms with E-state index < -0.39 is 0 Å². The van der Waals surface area contributed by atoms with Gasteiger partial charge in [0.2, 0.25) is 5.91 Å². The summed E-state index contributed by atoms with van der Waals surface area (Å²) in [4.78, 5) is 14.3. The lowest BCUT2D eigenvalue weighted by Gasteiger charge is -2.36. The van der Waals surface area contributed by atoms with E-state index in [9.17, 15) is 13.6 Å². The van der Waals surface area contributed by atoms with Gasteiger partial charge in [-0.05, 0) is 23.8 Å². The van der Waals surface area contributed by atoms with Crippen molar-refractivity contribution in [3.8, 4) is 0 Å². The molecule has 0 spiro atoms. The minimum atomic E-state index is -0.331. The van der Waals surface area contributed by atoms with E-state index in [2.05, 4.69) is 10.6 Å². The van der Waals surface area contributed by atoms with Crippen molar-refractivity contribution in [2.45, 2.75) is 12.6 Å². The van der Waals surface area contributed by atoms with E-state index >= 15 is 0 Å². The summed E-state index contributed by atoms with van der Waals surface area (Å²) < 4.78 is 27.1. The highest BCUT2D eigenvalue weighted by atomic mass is 19.1. The van der Waals surface area contributed by atoms with E-state index in [1.807, 2.05) is 11.0 Å². The van der Waals surface area contributed by atoms with Gasteiger partial charge in [-0.2, -0.15) is 0 Å². The fourth-order valence-corrected chi connectivity index (χ4v) is 3.05. The summed E-state index contributed by atoms with van der Waals surface area (Å²) in [7, 11) is 0. The Balaban J connectivity index is 1.61. The number of nitrogens with zero attached hydrogens (tertiary/aromatic N) is 1. The smallest absolute Gasteiger partial charge is 0.234 e. The molecule has 1 saturated heterocycles. The van der Waals surface area contributed by atoms with E-state index in [1.165, 1.54) is 18.2 Å². The molecule has 1 atom stereocenters. The maximum absolute atomic E-state index is 13.6.